The number of aliphatic hydroxyl groups is 1. The van der Waals surface area contributed by atoms with Crippen molar-refractivity contribution in [1.29, 1.82) is 0 Å². The standard InChI is InChI=1S/C17H25NO3/c1-3-17(2,9-10-19)18-16(20)12-13-8-11-21-15-7-5-4-6-14(13)15/h4-7,13,19H,3,8-12H2,1-2H3,(H,18,20). The Bertz CT molecular complexity index is 489. The summed E-state index contributed by atoms with van der Waals surface area (Å²) in [4.78, 5) is 12.3. The topological polar surface area (TPSA) is 58.6 Å². The molecule has 0 saturated carbocycles. The molecule has 0 radical (unpaired) electrons. The number of carbonyl (C=O) groups is 1. The lowest BCUT2D eigenvalue weighted by Crippen LogP contribution is -2.46. The molecule has 2 unspecified atom stereocenters. The van der Waals surface area contributed by atoms with Gasteiger partial charge in [0.2, 0.25) is 5.91 Å². The number of rotatable bonds is 6. The molecule has 0 bridgehead atoms. The van der Waals surface area contributed by atoms with E-state index in [1.807, 2.05) is 38.1 Å². The van der Waals surface area contributed by atoms with Gasteiger partial charge in [0, 0.05) is 18.6 Å². The van der Waals surface area contributed by atoms with Crippen LogP contribution in [0.1, 0.15) is 51.0 Å². The van der Waals surface area contributed by atoms with Gasteiger partial charge in [-0.15, -0.1) is 0 Å². The molecule has 0 fully saturated rings. The summed E-state index contributed by atoms with van der Waals surface area (Å²) < 4.78 is 5.63. The van der Waals surface area contributed by atoms with Gasteiger partial charge in [0.1, 0.15) is 5.75 Å². The van der Waals surface area contributed by atoms with Crippen LogP contribution in [0.15, 0.2) is 24.3 Å². The summed E-state index contributed by atoms with van der Waals surface area (Å²) in [7, 11) is 0. The van der Waals surface area contributed by atoms with Gasteiger partial charge in [-0.2, -0.15) is 0 Å². The Hall–Kier alpha value is -1.55. The third-order valence-electron chi connectivity index (χ3n) is 4.40. The van der Waals surface area contributed by atoms with E-state index in [0.29, 0.717) is 19.4 Å². The summed E-state index contributed by atoms with van der Waals surface area (Å²) in [6, 6.07) is 7.94. The van der Waals surface area contributed by atoms with Crippen molar-refractivity contribution in [3.05, 3.63) is 29.8 Å². The number of ether oxygens (including phenoxy) is 1. The molecule has 0 aromatic heterocycles. The van der Waals surface area contributed by atoms with Gasteiger partial charge in [-0.05, 0) is 43.7 Å². The lowest BCUT2D eigenvalue weighted by Gasteiger charge is -2.31. The zero-order valence-electron chi connectivity index (χ0n) is 12.9. The summed E-state index contributed by atoms with van der Waals surface area (Å²) in [6.07, 6.45) is 2.73. The molecule has 2 N–H and O–H groups in total. The highest BCUT2D eigenvalue weighted by Gasteiger charge is 2.27. The van der Waals surface area contributed by atoms with Gasteiger partial charge in [-0.3, -0.25) is 4.79 Å². The van der Waals surface area contributed by atoms with Gasteiger partial charge >= 0.3 is 0 Å². The minimum atomic E-state index is -0.323. The molecule has 1 aromatic rings. The molecule has 4 heteroatoms. The van der Waals surface area contributed by atoms with Gasteiger partial charge in [-0.25, -0.2) is 0 Å². The van der Waals surface area contributed by atoms with Crippen molar-refractivity contribution in [2.24, 2.45) is 0 Å². The first-order valence-electron chi connectivity index (χ1n) is 7.71. The molecule has 0 spiro atoms. The second-order valence-corrected chi connectivity index (χ2v) is 6.01. The highest BCUT2D eigenvalue weighted by atomic mass is 16.5. The number of hydrogen-bond acceptors (Lipinski definition) is 3. The number of carbonyl (C=O) groups excluding carboxylic acids is 1. The number of aliphatic hydroxyl groups excluding tert-OH is 1. The van der Waals surface area contributed by atoms with Gasteiger partial charge in [-0.1, -0.05) is 25.1 Å². The third-order valence-corrected chi connectivity index (χ3v) is 4.40. The number of nitrogens with one attached hydrogen (secondary N) is 1. The van der Waals surface area contributed by atoms with Crippen LogP contribution in [0.4, 0.5) is 0 Å². The van der Waals surface area contributed by atoms with Crippen molar-refractivity contribution in [3.8, 4) is 5.75 Å². The molecule has 21 heavy (non-hydrogen) atoms. The van der Waals surface area contributed by atoms with E-state index in [1.54, 1.807) is 0 Å². The number of amides is 1. The minimum Gasteiger partial charge on any atom is -0.493 e. The third kappa shape index (κ3) is 3.97. The molecule has 2 atom stereocenters. The lowest BCUT2D eigenvalue weighted by atomic mass is 9.89. The molecular formula is C17H25NO3. The monoisotopic (exact) mass is 291 g/mol. The first-order chi connectivity index (χ1) is 10.1. The molecule has 1 aliphatic rings. The van der Waals surface area contributed by atoms with E-state index in [1.165, 1.54) is 0 Å². The van der Waals surface area contributed by atoms with Crippen LogP contribution < -0.4 is 10.1 Å². The van der Waals surface area contributed by atoms with Gasteiger partial charge < -0.3 is 15.2 Å². The normalized spacial score (nSPS) is 20.0. The van der Waals surface area contributed by atoms with Gasteiger partial charge in [0.25, 0.3) is 0 Å². The fourth-order valence-corrected chi connectivity index (χ4v) is 2.81. The Labute approximate surface area is 126 Å². The number of para-hydroxylation sites is 1. The molecule has 2 rings (SSSR count). The maximum Gasteiger partial charge on any atom is 0.221 e. The van der Waals surface area contributed by atoms with Crippen LogP contribution in [0.3, 0.4) is 0 Å². The van der Waals surface area contributed by atoms with E-state index in [9.17, 15) is 4.79 Å². The Morgan fingerprint density at radius 3 is 2.95 bits per heavy atom. The molecule has 1 heterocycles. The highest BCUT2D eigenvalue weighted by Crippen LogP contribution is 2.35. The first-order valence-corrected chi connectivity index (χ1v) is 7.71. The molecule has 116 valence electrons. The largest absolute Gasteiger partial charge is 0.493 e. The van der Waals surface area contributed by atoms with Crippen molar-refractivity contribution in [2.45, 2.75) is 51.0 Å². The zero-order chi connectivity index (χ0) is 15.3. The van der Waals surface area contributed by atoms with Crippen LogP contribution in [0.2, 0.25) is 0 Å². The maximum absolute atomic E-state index is 12.3. The fourth-order valence-electron chi connectivity index (χ4n) is 2.81. The van der Waals surface area contributed by atoms with Crippen molar-refractivity contribution in [3.63, 3.8) is 0 Å². The van der Waals surface area contributed by atoms with Crippen LogP contribution in [0, 0.1) is 0 Å². The Balaban J connectivity index is 2.01. The van der Waals surface area contributed by atoms with E-state index in [4.69, 9.17) is 9.84 Å². The molecule has 1 aromatic carbocycles. The maximum atomic E-state index is 12.3. The summed E-state index contributed by atoms with van der Waals surface area (Å²) >= 11 is 0. The summed E-state index contributed by atoms with van der Waals surface area (Å²) in [5.41, 5.74) is 0.801. The number of fused-ring (bicyclic) bond motifs is 1. The number of benzene rings is 1. The molecule has 1 aliphatic heterocycles. The van der Waals surface area contributed by atoms with E-state index >= 15 is 0 Å². The van der Waals surface area contributed by atoms with Crippen molar-refractivity contribution in [1.82, 2.24) is 5.32 Å². The quantitative estimate of drug-likeness (QED) is 0.847. The first kappa shape index (κ1) is 15.8. The van der Waals surface area contributed by atoms with Gasteiger partial charge in [0.15, 0.2) is 0 Å². The van der Waals surface area contributed by atoms with E-state index in [-0.39, 0.29) is 24.0 Å². The fraction of sp³-hybridized carbons (Fsp3) is 0.588. The highest BCUT2D eigenvalue weighted by molar-refractivity contribution is 5.78. The van der Waals surface area contributed by atoms with Crippen molar-refractivity contribution >= 4 is 5.91 Å². The summed E-state index contributed by atoms with van der Waals surface area (Å²) in [5, 5.41) is 12.2. The van der Waals surface area contributed by atoms with Crippen molar-refractivity contribution < 1.29 is 14.6 Å². The molecule has 4 nitrogen and oxygen atoms in total. The van der Waals surface area contributed by atoms with E-state index in [0.717, 1.165) is 24.2 Å². The Kier molecular flexibility index (Phi) is 5.23. The van der Waals surface area contributed by atoms with E-state index in [2.05, 4.69) is 5.32 Å². The van der Waals surface area contributed by atoms with Crippen molar-refractivity contribution in [2.75, 3.05) is 13.2 Å². The van der Waals surface area contributed by atoms with Crippen LogP contribution in [-0.4, -0.2) is 29.8 Å². The number of hydrogen-bond donors (Lipinski definition) is 2. The van der Waals surface area contributed by atoms with Crippen LogP contribution in [0.5, 0.6) is 5.75 Å². The van der Waals surface area contributed by atoms with Crippen LogP contribution in [-0.2, 0) is 4.79 Å². The zero-order valence-corrected chi connectivity index (χ0v) is 12.9. The second-order valence-electron chi connectivity index (χ2n) is 6.01. The Morgan fingerprint density at radius 2 is 2.24 bits per heavy atom. The van der Waals surface area contributed by atoms with E-state index < -0.39 is 0 Å². The average molecular weight is 291 g/mol. The average Bonchev–Trinajstić information content (AvgIpc) is 2.48. The second kappa shape index (κ2) is 6.94. The smallest absolute Gasteiger partial charge is 0.221 e. The van der Waals surface area contributed by atoms with Gasteiger partial charge in [0.05, 0.1) is 6.61 Å². The summed E-state index contributed by atoms with van der Waals surface area (Å²) in [5.74, 6) is 1.16. The summed E-state index contributed by atoms with van der Waals surface area (Å²) in [6.45, 7) is 4.76. The molecule has 0 saturated heterocycles. The molecule has 1 amide bonds. The molecule has 0 aliphatic carbocycles. The predicted molar refractivity (Wildman–Crippen MR) is 82.5 cm³/mol. The molecular weight excluding hydrogens is 266 g/mol. The predicted octanol–water partition coefficient (Wildman–Crippen LogP) is 2.61. The Morgan fingerprint density at radius 1 is 1.48 bits per heavy atom. The van der Waals surface area contributed by atoms with Crippen LogP contribution >= 0.6 is 0 Å². The SMILES string of the molecule is CCC(C)(CCO)NC(=O)CC1CCOc2ccccc21. The van der Waals surface area contributed by atoms with Crippen LogP contribution in [0.25, 0.3) is 0 Å². The lowest BCUT2D eigenvalue weighted by molar-refractivity contribution is -0.123. The minimum absolute atomic E-state index is 0.0505.